The molecule has 0 spiro atoms. The lowest BCUT2D eigenvalue weighted by Crippen LogP contribution is -2.46. The van der Waals surface area contributed by atoms with Gasteiger partial charge in [-0.15, -0.1) is 0 Å². The van der Waals surface area contributed by atoms with Crippen LogP contribution in [0.3, 0.4) is 0 Å². The van der Waals surface area contributed by atoms with Gasteiger partial charge in [0, 0.05) is 19.8 Å². The van der Waals surface area contributed by atoms with Crippen LogP contribution in [0.15, 0.2) is 6.20 Å². The Morgan fingerprint density at radius 1 is 1.74 bits per heavy atom. The summed E-state index contributed by atoms with van der Waals surface area (Å²) < 4.78 is 1.50. The third-order valence-corrected chi connectivity index (χ3v) is 3.72. The Bertz CT molecular complexity index is 471. The maximum Gasteiger partial charge on any atom is 0.274 e. The summed E-state index contributed by atoms with van der Waals surface area (Å²) in [6, 6.07) is 0. The van der Waals surface area contributed by atoms with E-state index in [9.17, 15) is 9.90 Å². The Hall–Kier alpha value is -1.56. The van der Waals surface area contributed by atoms with Crippen molar-refractivity contribution >= 4 is 11.6 Å². The van der Waals surface area contributed by atoms with Crippen molar-refractivity contribution in [3.63, 3.8) is 0 Å². The molecule has 19 heavy (non-hydrogen) atoms. The number of hydrogen-bond donors (Lipinski definition) is 3. The smallest absolute Gasteiger partial charge is 0.274 e. The molecule has 0 saturated heterocycles. The molecule has 2 rings (SSSR count). The fourth-order valence-corrected chi connectivity index (χ4v) is 2.80. The standard InChI is InChI=1S/C13H22N4O2/c1-9-4-3-5-13(19,6-9)8-15-12(18)11-10(14)7-17(2)16-11/h7,9,19H,3-6,8,14H2,1-2H3,(H,15,18). The predicted octanol–water partition coefficient (Wildman–Crippen LogP) is 0.673. The molecule has 1 aromatic heterocycles. The highest BCUT2D eigenvalue weighted by atomic mass is 16.3. The fourth-order valence-electron chi connectivity index (χ4n) is 2.80. The molecule has 1 aliphatic rings. The molecule has 106 valence electrons. The van der Waals surface area contributed by atoms with E-state index in [2.05, 4.69) is 17.3 Å². The van der Waals surface area contributed by atoms with E-state index in [0.717, 1.165) is 25.7 Å². The number of carbonyl (C=O) groups is 1. The topological polar surface area (TPSA) is 93.2 Å². The Balaban J connectivity index is 1.95. The van der Waals surface area contributed by atoms with Crippen LogP contribution >= 0.6 is 0 Å². The number of amides is 1. The van der Waals surface area contributed by atoms with E-state index in [1.54, 1.807) is 13.2 Å². The van der Waals surface area contributed by atoms with Crippen molar-refractivity contribution in [1.82, 2.24) is 15.1 Å². The molecule has 0 bridgehead atoms. The van der Waals surface area contributed by atoms with Crippen molar-refractivity contribution in [2.24, 2.45) is 13.0 Å². The number of aryl methyl sites for hydroxylation is 1. The first kappa shape index (κ1) is 13.9. The predicted molar refractivity (Wildman–Crippen MR) is 72.5 cm³/mol. The summed E-state index contributed by atoms with van der Waals surface area (Å²) in [5.74, 6) is 0.167. The highest BCUT2D eigenvalue weighted by Gasteiger charge is 2.33. The average Bonchev–Trinajstić information content (AvgIpc) is 2.65. The summed E-state index contributed by atoms with van der Waals surface area (Å²) in [5, 5.41) is 17.2. The lowest BCUT2D eigenvalue weighted by molar-refractivity contribution is -0.0109. The minimum Gasteiger partial charge on any atom is -0.396 e. The third-order valence-electron chi connectivity index (χ3n) is 3.72. The minimum atomic E-state index is -0.795. The zero-order chi connectivity index (χ0) is 14.0. The van der Waals surface area contributed by atoms with Crippen molar-refractivity contribution in [3.05, 3.63) is 11.9 Å². The first-order valence-electron chi connectivity index (χ1n) is 6.69. The quantitative estimate of drug-likeness (QED) is 0.749. The van der Waals surface area contributed by atoms with Gasteiger partial charge in [0.25, 0.3) is 5.91 Å². The number of carbonyl (C=O) groups excluding carboxylic acids is 1. The van der Waals surface area contributed by atoms with Crippen LogP contribution in [0.2, 0.25) is 0 Å². The number of nitrogens with one attached hydrogen (secondary N) is 1. The molecule has 1 saturated carbocycles. The molecule has 6 heteroatoms. The number of aromatic nitrogens is 2. The summed E-state index contributed by atoms with van der Waals surface area (Å²) in [6.07, 6.45) is 5.19. The maximum atomic E-state index is 12.0. The Morgan fingerprint density at radius 3 is 3.05 bits per heavy atom. The highest BCUT2D eigenvalue weighted by Crippen LogP contribution is 2.31. The largest absolute Gasteiger partial charge is 0.396 e. The van der Waals surface area contributed by atoms with Gasteiger partial charge in [0.15, 0.2) is 5.69 Å². The van der Waals surface area contributed by atoms with E-state index in [1.807, 2.05) is 0 Å². The average molecular weight is 266 g/mol. The second-order valence-electron chi connectivity index (χ2n) is 5.72. The van der Waals surface area contributed by atoms with Crippen molar-refractivity contribution in [3.8, 4) is 0 Å². The molecule has 1 heterocycles. The monoisotopic (exact) mass is 266 g/mol. The van der Waals surface area contributed by atoms with Crippen LogP contribution in [0.5, 0.6) is 0 Å². The van der Waals surface area contributed by atoms with E-state index in [1.165, 1.54) is 4.68 Å². The fraction of sp³-hybridized carbons (Fsp3) is 0.692. The van der Waals surface area contributed by atoms with Gasteiger partial charge in [0.05, 0.1) is 11.3 Å². The van der Waals surface area contributed by atoms with Crippen LogP contribution in [-0.4, -0.2) is 32.9 Å². The summed E-state index contributed by atoms with van der Waals surface area (Å²) in [7, 11) is 1.71. The number of anilines is 1. The molecule has 0 aliphatic heterocycles. The first-order valence-corrected chi connectivity index (χ1v) is 6.69. The molecule has 2 unspecified atom stereocenters. The summed E-state index contributed by atoms with van der Waals surface area (Å²) in [4.78, 5) is 12.0. The van der Waals surface area contributed by atoms with E-state index < -0.39 is 5.60 Å². The number of hydrogen-bond acceptors (Lipinski definition) is 4. The van der Waals surface area contributed by atoms with Crippen LogP contribution < -0.4 is 11.1 Å². The molecule has 0 radical (unpaired) electrons. The molecule has 2 atom stereocenters. The van der Waals surface area contributed by atoms with Gasteiger partial charge in [-0.2, -0.15) is 5.10 Å². The number of nitrogens with zero attached hydrogens (tertiary/aromatic N) is 2. The molecule has 0 aromatic carbocycles. The minimum absolute atomic E-state index is 0.218. The van der Waals surface area contributed by atoms with Gasteiger partial charge < -0.3 is 16.2 Å². The van der Waals surface area contributed by atoms with Crippen molar-refractivity contribution in [1.29, 1.82) is 0 Å². The number of aliphatic hydroxyl groups is 1. The summed E-state index contributed by atoms with van der Waals surface area (Å²) in [6.45, 7) is 2.38. The van der Waals surface area contributed by atoms with E-state index in [4.69, 9.17) is 5.73 Å². The lowest BCUT2D eigenvalue weighted by Gasteiger charge is -2.35. The van der Waals surface area contributed by atoms with Crippen LogP contribution in [-0.2, 0) is 7.05 Å². The number of nitrogens with two attached hydrogens (primary N) is 1. The Morgan fingerprint density at radius 2 is 2.47 bits per heavy atom. The molecule has 4 N–H and O–H groups in total. The molecular formula is C13H22N4O2. The van der Waals surface area contributed by atoms with Crippen LogP contribution in [0.25, 0.3) is 0 Å². The van der Waals surface area contributed by atoms with Crippen LogP contribution in [0.4, 0.5) is 5.69 Å². The Kier molecular flexibility index (Phi) is 3.80. The van der Waals surface area contributed by atoms with Gasteiger partial charge in [-0.1, -0.05) is 19.8 Å². The highest BCUT2D eigenvalue weighted by molar-refractivity contribution is 5.97. The molecule has 1 fully saturated rings. The van der Waals surface area contributed by atoms with Crippen LogP contribution in [0, 0.1) is 5.92 Å². The first-order chi connectivity index (χ1) is 8.89. The third kappa shape index (κ3) is 3.26. The lowest BCUT2D eigenvalue weighted by atomic mass is 9.79. The van der Waals surface area contributed by atoms with E-state index in [0.29, 0.717) is 11.6 Å². The van der Waals surface area contributed by atoms with Crippen molar-refractivity contribution in [2.75, 3.05) is 12.3 Å². The van der Waals surface area contributed by atoms with Crippen molar-refractivity contribution in [2.45, 2.75) is 38.2 Å². The second kappa shape index (κ2) is 5.21. The summed E-state index contributed by atoms with van der Waals surface area (Å²) in [5.41, 5.74) is 5.47. The van der Waals surface area contributed by atoms with Gasteiger partial charge in [-0.3, -0.25) is 9.48 Å². The van der Waals surface area contributed by atoms with E-state index >= 15 is 0 Å². The number of nitrogen functional groups attached to an aromatic ring is 1. The van der Waals surface area contributed by atoms with E-state index in [-0.39, 0.29) is 18.1 Å². The van der Waals surface area contributed by atoms with Gasteiger partial charge in [0.2, 0.25) is 0 Å². The van der Waals surface area contributed by atoms with Gasteiger partial charge in [-0.25, -0.2) is 0 Å². The van der Waals surface area contributed by atoms with Gasteiger partial charge in [0.1, 0.15) is 0 Å². The normalized spacial score (nSPS) is 27.2. The molecule has 1 aromatic rings. The van der Waals surface area contributed by atoms with Gasteiger partial charge >= 0.3 is 0 Å². The molecule has 1 amide bonds. The maximum absolute atomic E-state index is 12.0. The second-order valence-corrected chi connectivity index (χ2v) is 5.72. The zero-order valence-electron chi connectivity index (χ0n) is 11.5. The van der Waals surface area contributed by atoms with Gasteiger partial charge in [-0.05, 0) is 18.8 Å². The van der Waals surface area contributed by atoms with Crippen molar-refractivity contribution < 1.29 is 9.90 Å². The SMILES string of the molecule is CC1CCCC(O)(CNC(=O)c2nn(C)cc2N)C1. The summed E-state index contributed by atoms with van der Waals surface area (Å²) >= 11 is 0. The number of rotatable bonds is 3. The Labute approximate surface area is 113 Å². The molecule has 6 nitrogen and oxygen atoms in total. The van der Waals surface area contributed by atoms with Crippen LogP contribution in [0.1, 0.15) is 43.1 Å². The molecular weight excluding hydrogens is 244 g/mol. The zero-order valence-corrected chi connectivity index (χ0v) is 11.5. The molecule has 1 aliphatic carbocycles.